The molecule has 0 aliphatic rings. The molecule has 0 saturated heterocycles. The predicted octanol–water partition coefficient (Wildman–Crippen LogP) is 3.77. The van der Waals surface area contributed by atoms with Gasteiger partial charge < -0.3 is 0 Å². The van der Waals surface area contributed by atoms with Crippen LogP contribution in [0.3, 0.4) is 0 Å². The fourth-order valence-corrected chi connectivity index (χ4v) is 1.17. The maximum atomic E-state index is 11.0. The summed E-state index contributed by atoms with van der Waals surface area (Å²) in [5.74, 6) is 0.209. The maximum Gasteiger partial charge on any atom is 0.162 e. The van der Waals surface area contributed by atoms with Crippen LogP contribution in [0, 0.1) is 6.07 Å². The summed E-state index contributed by atoms with van der Waals surface area (Å²) in [5.41, 5.74) is 0.810. The molecular weight excluding hydrogens is 196 g/mol. The average molecular weight is 211 g/mol. The Bertz CT molecular complexity index is 366. The Balaban J connectivity index is 0.000000181. The Kier molecular flexibility index (Phi) is 5.64. The molecule has 0 heterocycles. The van der Waals surface area contributed by atoms with Gasteiger partial charge in [0.2, 0.25) is 0 Å². The van der Waals surface area contributed by atoms with Gasteiger partial charge in [-0.2, -0.15) is 0 Å². The fraction of sp³-hybridized carbons (Fsp3) is 0.133. The van der Waals surface area contributed by atoms with E-state index < -0.39 is 0 Å². The molecule has 81 valence electrons. The SMILES string of the molecule is CCC(=O)c1ccccc1.[c]1ccccc1. The van der Waals surface area contributed by atoms with Gasteiger partial charge in [0.25, 0.3) is 0 Å². The molecule has 0 amide bonds. The topological polar surface area (TPSA) is 17.1 Å². The van der Waals surface area contributed by atoms with Gasteiger partial charge in [0.15, 0.2) is 5.78 Å². The number of Topliss-reactive ketones (excluding diaryl/α,β-unsaturated/α-hetero) is 1. The third-order valence-corrected chi connectivity index (χ3v) is 2.02. The number of hydrogen-bond donors (Lipinski definition) is 0. The first-order valence-corrected chi connectivity index (χ1v) is 5.34. The summed E-state index contributed by atoms with van der Waals surface area (Å²) < 4.78 is 0. The highest BCUT2D eigenvalue weighted by molar-refractivity contribution is 5.95. The van der Waals surface area contributed by atoms with Crippen LogP contribution in [0.25, 0.3) is 0 Å². The number of carbonyl (C=O) groups is 1. The Morgan fingerprint density at radius 3 is 1.94 bits per heavy atom. The molecular formula is C15H15O. The molecule has 16 heavy (non-hydrogen) atoms. The summed E-state index contributed by atoms with van der Waals surface area (Å²) in [7, 11) is 0. The molecule has 0 N–H and O–H groups in total. The van der Waals surface area contributed by atoms with Crippen molar-refractivity contribution in [1.29, 1.82) is 0 Å². The van der Waals surface area contributed by atoms with Gasteiger partial charge >= 0.3 is 0 Å². The zero-order valence-corrected chi connectivity index (χ0v) is 9.39. The molecule has 2 rings (SSSR count). The minimum atomic E-state index is 0.209. The molecule has 0 aliphatic heterocycles. The number of carbonyl (C=O) groups excluding carboxylic acids is 1. The lowest BCUT2D eigenvalue weighted by molar-refractivity contribution is 0.0988. The van der Waals surface area contributed by atoms with Crippen molar-refractivity contribution < 1.29 is 4.79 Å². The Morgan fingerprint density at radius 2 is 1.56 bits per heavy atom. The molecule has 0 aromatic heterocycles. The van der Waals surface area contributed by atoms with E-state index >= 15 is 0 Å². The number of rotatable bonds is 2. The van der Waals surface area contributed by atoms with Gasteiger partial charge in [0, 0.05) is 12.0 Å². The van der Waals surface area contributed by atoms with E-state index in [2.05, 4.69) is 6.07 Å². The predicted molar refractivity (Wildman–Crippen MR) is 66.3 cm³/mol. The van der Waals surface area contributed by atoms with E-state index in [0.717, 1.165) is 5.56 Å². The van der Waals surface area contributed by atoms with Crippen LogP contribution in [-0.4, -0.2) is 5.78 Å². The fourth-order valence-electron chi connectivity index (χ4n) is 1.17. The van der Waals surface area contributed by atoms with Crippen LogP contribution in [0.1, 0.15) is 23.7 Å². The second-order valence-electron chi connectivity index (χ2n) is 3.22. The van der Waals surface area contributed by atoms with E-state index in [1.165, 1.54) is 0 Å². The third kappa shape index (κ3) is 4.56. The summed E-state index contributed by atoms with van der Waals surface area (Å²) in [5, 5.41) is 0. The van der Waals surface area contributed by atoms with Gasteiger partial charge in [0.05, 0.1) is 0 Å². The standard InChI is InChI=1S/C9H10O.C6H5/c1-2-9(10)8-6-4-3-5-7-8;1-2-4-6-5-3-1/h3-7H,2H2,1H3;1-5H. The van der Waals surface area contributed by atoms with E-state index in [4.69, 9.17) is 0 Å². The van der Waals surface area contributed by atoms with Crippen molar-refractivity contribution in [3.63, 3.8) is 0 Å². The lowest BCUT2D eigenvalue weighted by atomic mass is 10.1. The lowest BCUT2D eigenvalue weighted by Crippen LogP contribution is -1.94. The summed E-state index contributed by atoms with van der Waals surface area (Å²) >= 11 is 0. The molecule has 2 aromatic rings. The van der Waals surface area contributed by atoms with Crippen molar-refractivity contribution in [2.45, 2.75) is 13.3 Å². The van der Waals surface area contributed by atoms with E-state index in [1.54, 1.807) is 0 Å². The first kappa shape index (κ1) is 12.2. The van der Waals surface area contributed by atoms with Gasteiger partial charge in [-0.05, 0) is 6.07 Å². The first-order valence-electron chi connectivity index (χ1n) is 5.34. The minimum Gasteiger partial charge on any atom is -0.294 e. The van der Waals surface area contributed by atoms with E-state index in [0.29, 0.717) is 6.42 Å². The van der Waals surface area contributed by atoms with Gasteiger partial charge in [0.1, 0.15) is 0 Å². The van der Waals surface area contributed by atoms with Gasteiger partial charge in [-0.15, -0.1) is 0 Å². The third-order valence-electron chi connectivity index (χ3n) is 2.02. The molecule has 0 aliphatic carbocycles. The molecule has 0 atom stereocenters. The van der Waals surface area contributed by atoms with E-state index in [1.807, 2.05) is 67.6 Å². The highest BCUT2D eigenvalue weighted by Gasteiger charge is 1.98. The molecule has 0 spiro atoms. The van der Waals surface area contributed by atoms with E-state index in [-0.39, 0.29) is 5.78 Å². The van der Waals surface area contributed by atoms with Crippen LogP contribution in [0.2, 0.25) is 0 Å². The highest BCUT2D eigenvalue weighted by atomic mass is 16.1. The molecule has 2 aromatic carbocycles. The summed E-state index contributed by atoms with van der Waals surface area (Å²) in [6.07, 6.45) is 0.587. The lowest BCUT2D eigenvalue weighted by Gasteiger charge is -1.93. The molecule has 0 bridgehead atoms. The Labute approximate surface area is 96.8 Å². The Hall–Kier alpha value is -1.89. The zero-order valence-electron chi connectivity index (χ0n) is 9.39. The van der Waals surface area contributed by atoms with Crippen molar-refractivity contribution in [3.8, 4) is 0 Å². The van der Waals surface area contributed by atoms with Crippen LogP contribution >= 0.6 is 0 Å². The largest absolute Gasteiger partial charge is 0.294 e. The second kappa shape index (κ2) is 7.41. The molecule has 0 unspecified atom stereocenters. The minimum absolute atomic E-state index is 0.209. The van der Waals surface area contributed by atoms with Crippen molar-refractivity contribution in [2.75, 3.05) is 0 Å². The molecule has 1 nitrogen and oxygen atoms in total. The summed E-state index contributed by atoms with van der Waals surface area (Å²) in [6.45, 7) is 1.87. The van der Waals surface area contributed by atoms with Gasteiger partial charge in [-0.3, -0.25) is 4.79 Å². The van der Waals surface area contributed by atoms with Crippen LogP contribution in [0.15, 0.2) is 60.7 Å². The summed E-state index contributed by atoms with van der Waals surface area (Å²) in [4.78, 5) is 11.0. The van der Waals surface area contributed by atoms with Crippen molar-refractivity contribution >= 4 is 5.78 Å². The maximum absolute atomic E-state index is 11.0. The van der Waals surface area contributed by atoms with Crippen molar-refractivity contribution in [2.24, 2.45) is 0 Å². The van der Waals surface area contributed by atoms with Crippen molar-refractivity contribution in [1.82, 2.24) is 0 Å². The molecule has 1 radical (unpaired) electrons. The van der Waals surface area contributed by atoms with Crippen LogP contribution < -0.4 is 0 Å². The number of benzene rings is 2. The van der Waals surface area contributed by atoms with Crippen LogP contribution in [-0.2, 0) is 0 Å². The Morgan fingerprint density at radius 1 is 1.00 bits per heavy atom. The molecule has 0 saturated carbocycles. The number of ketones is 1. The summed E-state index contributed by atoms with van der Waals surface area (Å²) in [6, 6.07) is 21.8. The quantitative estimate of drug-likeness (QED) is 0.691. The first-order chi connectivity index (χ1) is 7.84. The van der Waals surface area contributed by atoms with E-state index in [9.17, 15) is 4.79 Å². The molecule has 0 fully saturated rings. The average Bonchev–Trinajstić information content (AvgIpc) is 2.41. The van der Waals surface area contributed by atoms with Crippen LogP contribution in [0.5, 0.6) is 0 Å². The molecule has 1 heteroatoms. The highest BCUT2D eigenvalue weighted by Crippen LogP contribution is 2.01. The second-order valence-corrected chi connectivity index (χ2v) is 3.22. The number of hydrogen-bond acceptors (Lipinski definition) is 1. The van der Waals surface area contributed by atoms with Gasteiger partial charge in [-0.25, -0.2) is 0 Å². The van der Waals surface area contributed by atoms with Crippen molar-refractivity contribution in [3.05, 3.63) is 72.3 Å². The monoisotopic (exact) mass is 211 g/mol. The normalized spacial score (nSPS) is 8.81. The smallest absolute Gasteiger partial charge is 0.162 e. The van der Waals surface area contributed by atoms with Crippen LogP contribution in [0.4, 0.5) is 0 Å². The zero-order chi connectivity index (χ0) is 11.6. The van der Waals surface area contributed by atoms with Gasteiger partial charge in [-0.1, -0.05) is 67.6 Å².